The highest BCUT2D eigenvalue weighted by Crippen LogP contribution is 2.35. The summed E-state index contributed by atoms with van der Waals surface area (Å²) in [4.78, 5) is 73.0. The van der Waals surface area contributed by atoms with Crippen LogP contribution in [0.4, 0.5) is 13.6 Å². The smallest absolute Gasteiger partial charge is 0.364 e. The maximum absolute atomic E-state index is 12.9. The summed E-state index contributed by atoms with van der Waals surface area (Å²) < 4.78 is 83.1. The number of thioether (sulfide) groups is 1. The molecule has 3 aliphatic rings. The number of rotatable bonds is 52. The first-order chi connectivity index (χ1) is 44.1. The van der Waals surface area contributed by atoms with Crippen molar-refractivity contribution >= 4 is 47.4 Å². The van der Waals surface area contributed by atoms with E-state index in [0.717, 1.165) is 25.0 Å². The van der Waals surface area contributed by atoms with Gasteiger partial charge < -0.3 is 105 Å². The van der Waals surface area contributed by atoms with E-state index in [1.165, 1.54) is 24.3 Å². The number of hydrogen-bond donors (Lipinski definition) is 11. The molecule has 5 rings (SSSR count). The standard InChI is InChI=1S/C58H93F2N9O21S/c59-55(60)41-11-9-40(10-12-41)33-49(75)63-35-45(72)53(77)54-52(65-50(76)37-70)44(71)34-58(90-54,56(78)79)89-17-6-2-1-5-16-69-36-42(67-68-69)38-88-32-31-87-30-29-86-26-23-83-20-15-62-48(74)13-18-81-21-24-84-27-28-85-25-22-82-19-14-61-47(73)8-4-3-7-46-51-43(39-91-46)64-57(80)66-51/h9-12,36,43-46,51-55,70-72,77H,1-8,13-35,37-39H2,(H,61,73)(H,62,74)(H,63,75)(H,65,76)(H,78,79)(H2,64,66,80)/t43-,44+,45-,46-,51-,52-,53-,54-,58-/m1/s1. The first kappa shape index (κ1) is 76.3. The fourth-order valence-corrected chi connectivity index (χ4v) is 11.3. The summed E-state index contributed by atoms with van der Waals surface area (Å²) in [5, 5.41) is 77.6. The Bertz CT molecular complexity index is 2410. The van der Waals surface area contributed by atoms with Gasteiger partial charge in [-0.3, -0.25) is 23.9 Å². The Hall–Kier alpha value is -5.37. The number of hydrogen-bond acceptors (Lipinski definition) is 23. The second-order valence-corrected chi connectivity index (χ2v) is 22.9. The molecule has 0 aliphatic carbocycles. The Morgan fingerprint density at radius 2 is 1.31 bits per heavy atom. The maximum atomic E-state index is 12.9. The number of aryl methyl sites for hydroxylation is 1. The topological polar surface area (TPSA) is 399 Å². The minimum absolute atomic E-state index is 0.0100. The number of aliphatic hydroxyl groups is 4. The van der Waals surface area contributed by atoms with E-state index in [0.29, 0.717) is 161 Å². The molecule has 11 N–H and O–H groups in total. The van der Waals surface area contributed by atoms with Crippen molar-refractivity contribution in [2.45, 2.75) is 144 Å². The van der Waals surface area contributed by atoms with E-state index in [1.54, 1.807) is 10.9 Å². The highest BCUT2D eigenvalue weighted by Gasteiger charge is 2.56. The number of fused-ring (bicyclic) bond motifs is 1. The van der Waals surface area contributed by atoms with Crippen LogP contribution in [-0.4, -0.2) is 267 Å². The van der Waals surface area contributed by atoms with Gasteiger partial charge in [0.2, 0.25) is 23.6 Å². The van der Waals surface area contributed by atoms with E-state index in [4.69, 9.17) is 47.4 Å². The van der Waals surface area contributed by atoms with Crippen LogP contribution in [0.25, 0.3) is 0 Å². The number of amides is 6. The largest absolute Gasteiger partial charge is 0.477 e. The number of alkyl halides is 2. The van der Waals surface area contributed by atoms with Crippen molar-refractivity contribution < 1.29 is 110 Å². The van der Waals surface area contributed by atoms with E-state index in [9.17, 15) is 63.1 Å². The molecule has 9 atom stereocenters. The highest BCUT2D eigenvalue weighted by atomic mass is 32.2. The molecule has 0 unspecified atom stereocenters. The Labute approximate surface area is 531 Å². The number of unbranched alkanes of at least 4 members (excludes halogenated alkanes) is 4. The van der Waals surface area contributed by atoms with Crippen molar-refractivity contribution in [3.8, 4) is 0 Å². The monoisotopic (exact) mass is 1320 g/mol. The summed E-state index contributed by atoms with van der Waals surface area (Å²) in [7, 11) is 0. The Morgan fingerprint density at radius 3 is 1.92 bits per heavy atom. The lowest BCUT2D eigenvalue weighted by atomic mass is 9.88. The van der Waals surface area contributed by atoms with Crippen LogP contribution >= 0.6 is 11.8 Å². The average molecular weight is 1320 g/mol. The number of aromatic nitrogens is 3. The van der Waals surface area contributed by atoms with Crippen molar-refractivity contribution in [1.29, 1.82) is 0 Å². The highest BCUT2D eigenvalue weighted by molar-refractivity contribution is 8.00. The van der Waals surface area contributed by atoms with Gasteiger partial charge in [-0.25, -0.2) is 18.4 Å². The van der Waals surface area contributed by atoms with Crippen LogP contribution in [0.1, 0.15) is 87.5 Å². The molecule has 3 saturated heterocycles. The van der Waals surface area contributed by atoms with Gasteiger partial charge in [-0.1, -0.05) is 48.7 Å². The van der Waals surface area contributed by atoms with Gasteiger partial charge in [-0.15, -0.1) is 5.10 Å². The average Bonchev–Trinajstić information content (AvgIpc) is 1.65. The van der Waals surface area contributed by atoms with E-state index < -0.39 is 80.0 Å². The molecule has 91 heavy (non-hydrogen) atoms. The number of carbonyl (C=O) groups is 6. The molecule has 3 aliphatic heterocycles. The molecule has 0 spiro atoms. The molecule has 33 heteroatoms. The van der Waals surface area contributed by atoms with Gasteiger partial charge in [0.1, 0.15) is 24.5 Å². The molecule has 0 radical (unpaired) electrons. The molecule has 3 fully saturated rings. The molecule has 30 nitrogen and oxygen atoms in total. The zero-order valence-corrected chi connectivity index (χ0v) is 52.2. The Kier molecular flexibility index (Phi) is 37.1. The van der Waals surface area contributed by atoms with Crippen LogP contribution in [0.3, 0.4) is 0 Å². The number of urea groups is 1. The summed E-state index contributed by atoms with van der Waals surface area (Å²) in [5.74, 6) is -4.99. The van der Waals surface area contributed by atoms with Crippen molar-refractivity contribution in [3.05, 3.63) is 47.3 Å². The second-order valence-electron chi connectivity index (χ2n) is 21.6. The first-order valence-electron chi connectivity index (χ1n) is 30.9. The Morgan fingerprint density at radius 1 is 0.714 bits per heavy atom. The van der Waals surface area contributed by atoms with Crippen LogP contribution in [0.5, 0.6) is 0 Å². The normalized spacial score (nSPS) is 21.0. The third-order valence-electron chi connectivity index (χ3n) is 14.6. The molecule has 1 aromatic carbocycles. The fourth-order valence-electron chi connectivity index (χ4n) is 9.75. The van der Waals surface area contributed by atoms with Gasteiger partial charge in [0.15, 0.2) is 0 Å². The van der Waals surface area contributed by atoms with E-state index in [2.05, 4.69) is 42.2 Å². The zero-order valence-electron chi connectivity index (χ0n) is 51.4. The molecule has 2 aromatic rings. The third-order valence-corrected chi connectivity index (χ3v) is 16.1. The minimum Gasteiger partial charge on any atom is -0.477 e. The molecule has 0 saturated carbocycles. The summed E-state index contributed by atoms with van der Waals surface area (Å²) in [6, 6.07) is 3.84. The van der Waals surface area contributed by atoms with Gasteiger partial charge in [0.05, 0.1) is 155 Å². The van der Waals surface area contributed by atoms with Crippen LogP contribution in [0.2, 0.25) is 0 Å². The van der Waals surface area contributed by atoms with Crippen molar-refractivity contribution in [1.82, 2.24) is 46.9 Å². The number of benzene rings is 1. The van der Waals surface area contributed by atoms with E-state index in [-0.39, 0.29) is 68.2 Å². The molecule has 0 bridgehead atoms. The van der Waals surface area contributed by atoms with Gasteiger partial charge in [-0.05, 0) is 31.2 Å². The van der Waals surface area contributed by atoms with Gasteiger partial charge in [0.25, 0.3) is 12.2 Å². The van der Waals surface area contributed by atoms with Crippen molar-refractivity contribution in [3.63, 3.8) is 0 Å². The summed E-state index contributed by atoms with van der Waals surface area (Å²) in [5.41, 5.74) is 0.790. The van der Waals surface area contributed by atoms with Crippen LogP contribution in [0.15, 0.2) is 30.5 Å². The van der Waals surface area contributed by atoms with Crippen LogP contribution in [-0.2, 0) is 90.9 Å². The number of carboxylic acids is 1. The number of carbonyl (C=O) groups excluding carboxylic acids is 5. The SMILES string of the molecule is O=C(CCCC[C@H]1SC[C@H]2NC(=O)N[C@H]21)NCCOCCOCCOCCOCCC(=O)NCCOCCOCCOCCOCc1cn(CCCCCCO[C@]2(C(=O)O)C[C@H](O)[C@@H](NC(=O)CO)[C@H]([C@H](O)[C@H](O)CNC(=O)Cc3ccc(C(F)F)cc3)O2)nn1. The van der Waals surface area contributed by atoms with E-state index in [1.807, 2.05) is 11.8 Å². The van der Waals surface area contributed by atoms with Crippen molar-refractivity contribution in [2.24, 2.45) is 0 Å². The number of aliphatic carboxylic acids is 1. The number of ether oxygens (including phenoxy) is 10. The molecular formula is C58H93F2N9O21S. The van der Waals surface area contributed by atoms with Crippen LogP contribution in [0, 0.1) is 0 Å². The number of nitrogens with one attached hydrogen (secondary N) is 6. The molecule has 516 valence electrons. The summed E-state index contributed by atoms with van der Waals surface area (Å²) in [6.45, 7) is 5.25. The fraction of sp³-hybridized carbons (Fsp3) is 0.759. The molecule has 6 amide bonds. The second kappa shape index (κ2) is 44.3. The van der Waals surface area contributed by atoms with E-state index >= 15 is 0 Å². The number of halogens is 2. The lowest BCUT2D eigenvalue weighted by Gasteiger charge is -2.46. The third kappa shape index (κ3) is 30.1. The minimum atomic E-state index is -2.69. The quantitative estimate of drug-likeness (QED) is 0.0287. The lowest BCUT2D eigenvalue weighted by molar-refractivity contribution is -0.310. The van der Waals surface area contributed by atoms with Gasteiger partial charge in [0, 0.05) is 62.0 Å². The number of aliphatic hydroxyl groups excluding tert-OH is 4. The van der Waals surface area contributed by atoms with Crippen LogP contribution < -0.4 is 31.9 Å². The first-order valence-corrected chi connectivity index (χ1v) is 32.0. The summed E-state index contributed by atoms with van der Waals surface area (Å²) >= 11 is 1.88. The zero-order chi connectivity index (χ0) is 65.5. The molecular weight excluding hydrogens is 1230 g/mol. The molecule has 4 heterocycles. The maximum Gasteiger partial charge on any atom is 0.364 e. The Balaban J connectivity index is 0.763. The molecule has 1 aromatic heterocycles. The summed E-state index contributed by atoms with van der Waals surface area (Å²) in [6.07, 6.45) is -3.45. The van der Waals surface area contributed by atoms with Gasteiger partial charge in [-0.2, -0.15) is 11.8 Å². The van der Waals surface area contributed by atoms with Crippen molar-refractivity contribution in [2.75, 3.05) is 138 Å². The predicted molar refractivity (Wildman–Crippen MR) is 319 cm³/mol. The van der Waals surface area contributed by atoms with Gasteiger partial charge >= 0.3 is 12.0 Å². The number of nitrogens with zero attached hydrogens (tertiary/aromatic N) is 3. The predicted octanol–water partition coefficient (Wildman–Crippen LogP) is -0.738. The number of carboxylic acid groups (broad SMARTS) is 1. The lowest BCUT2D eigenvalue weighted by Crippen LogP contribution is -2.68.